The van der Waals surface area contributed by atoms with Crippen molar-refractivity contribution < 1.29 is 9.90 Å². The number of hydrogen-bond acceptors (Lipinski definition) is 3. The predicted molar refractivity (Wildman–Crippen MR) is 61.9 cm³/mol. The summed E-state index contributed by atoms with van der Waals surface area (Å²) < 4.78 is 0. The number of carbonyl (C=O) groups excluding carboxylic acids is 1. The van der Waals surface area contributed by atoms with Crippen LogP contribution in [0.4, 0.5) is 0 Å². The van der Waals surface area contributed by atoms with Gasteiger partial charge < -0.3 is 10.8 Å². The first-order chi connectivity index (χ1) is 7.54. The number of benzene rings is 1. The summed E-state index contributed by atoms with van der Waals surface area (Å²) in [5, 5.41) is 9.60. The third-order valence-corrected chi connectivity index (χ3v) is 3.36. The highest BCUT2D eigenvalue weighted by atomic mass is 16.3. The van der Waals surface area contributed by atoms with Crippen molar-refractivity contribution in [3.8, 4) is 0 Å². The third kappa shape index (κ3) is 1.77. The Morgan fingerprint density at radius 2 is 2.00 bits per heavy atom. The van der Waals surface area contributed by atoms with Crippen LogP contribution in [-0.4, -0.2) is 17.0 Å². The van der Waals surface area contributed by atoms with Crippen molar-refractivity contribution in [2.75, 3.05) is 0 Å². The molecule has 0 radical (unpaired) electrons. The van der Waals surface area contributed by atoms with Crippen molar-refractivity contribution in [1.82, 2.24) is 0 Å². The van der Waals surface area contributed by atoms with Crippen molar-refractivity contribution in [2.45, 2.75) is 37.8 Å². The molecule has 2 unspecified atom stereocenters. The number of aryl methyl sites for hydroxylation is 1. The highest BCUT2D eigenvalue weighted by molar-refractivity contribution is 5.93. The molecule has 1 aliphatic carbocycles. The molecule has 3 N–H and O–H groups in total. The average Bonchev–Trinajstić information content (AvgIpc) is 2.27. The fraction of sp³-hybridized carbons (Fsp3) is 0.462. The Morgan fingerprint density at radius 3 is 2.62 bits per heavy atom. The van der Waals surface area contributed by atoms with Crippen LogP contribution in [0.3, 0.4) is 0 Å². The normalized spacial score (nSPS) is 30.4. The minimum Gasteiger partial charge on any atom is -0.385 e. The molecule has 0 aliphatic heterocycles. The molecule has 2 atom stereocenters. The number of carbonyl (C=O) groups is 1. The summed E-state index contributed by atoms with van der Waals surface area (Å²) in [4.78, 5) is 12.0. The first-order valence-electron chi connectivity index (χ1n) is 5.62. The molecule has 86 valence electrons. The van der Waals surface area contributed by atoms with Crippen LogP contribution < -0.4 is 5.73 Å². The molecule has 0 spiro atoms. The minimum absolute atomic E-state index is 0.248. The van der Waals surface area contributed by atoms with Gasteiger partial charge in [0.1, 0.15) is 11.6 Å². The Hall–Kier alpha value is -1.19. The molecule has 0 saturated heterocycles. The van der Waals surface area contributed by atoms with Gasteiger partial charge in [-0.15, -0.1) is 0 Å². The number of aliphatic hydroxyl groups is 1. The molecule has 1 saturated carbocycles. The van der Waals surface area contributed by atoms with E-state index in [2.05, 4.69) is 0 Å². The Bertz CT molecular complexity index is 399. The zero-order valence-corrected chi connectivity index (χ0v) is 9.44. The number of hydrogen-bond donors (Lipinski definition) is 2. The predicted octanol–water partition coefficient (Wildman–Crippen LogP) is 1.26. The van der Waals surface area contributed by atoms with Crippen LogP contribution in [0.1, 0.15) is 30.4 Å². The Morgan fingerprint density at radius 1 is 1.38 bits per heavy atom. The van der Waals surface area contributed by atoms with Crippen LogP contribution in [0, 0.1) is 6.92 Å². The molecule has 1 fully saturated rings. The molecule has 0 amide bonds. The van der Waals surface area contributed by atoms with Crippen molar-refractivity contribution in [1.29, 1.82) is 0 Å². The third-order valence-electron chi connectivity index (χ3n) is 3.36. The molecule has 0 aromatic heterocycles. The molecule has 3 heteroatoms. The van der Waals surface area contributed by atoms with E-state index < -0.39 is 11.6 Å². The summed E-state index contributed by atoms with van der Waals surface area (Å²) in [6, 6.07) is 7.65. The summed E-state index contributed by atoms with van der Waals surface area (Å²) in [6.07, 6.45) is 1.03. The first kappa shape index (κ1) is 11.3. The van der Waals surface area contributed by atoms with Gasteiger partial charge in [0.25, 0.3) is 0 Å². The van der Waals surface area contributed by atoms with E-state index >= 15 is 0 Å². The standard InChI is InChI=1S/C13H17NO2/c1-9-4-6-10(7-5-9)13(14)8-2-3-11(15)12(13)16/h4-7,11,15H,2-3,8,14H2,1H3. The number of nitrogens with two attached hydrogens (primary N) is 1. The second-order valence-corrected chi connectivity index (χ2v) is 4.61. The van der Waals surface area contributed by atoms with Crippen LogP contribution in [0.5, 0.6) is 0 Å². The Balaban J connectivity index is 2.37. The second-order valence-electron chi connectivity index (χ2n) is 4.61. The monoisotopic (exact) mass is 219 g/mol. The van der Waals surface area contributed by atoms with Gasteiger partial charge in [-0.3, -0.25) is 4.79 Å². The van der Waals surface area contributed by atoms with Crippen molar-refractivity contribution >= 4 is 5.78 Å². The number of ketones is 1. The molecule has 0 bridgehead atoms. The topological polar surface area (TPSA) is 63.3 Å². The van der Waals surface area contributed by atoms with Crippen LogP contribution in [0.2, 0.25) is 0 Å². The lowest BCUT2D eigenvalue weighted by atomic mass is 9.75. The van der Waals surface area contributed by atoms with E-state index in [0.29, 0.717) is 12.8 Å². The molecular weight excluding hydrogens is 202 g/mol. The number of aliphatic hydroxyl groups excluding tert-OH is 1. The highest BCUT2D eigenvalue weighted by Crippen LogP contribution is 2.32. The lowest BCUT2D eigenvalue weighted by Crippen LogP contribution is -2.52. The summed E-state index contributed by atoms with van der Waals surface area (Å²) in [6.45, 7) is 1.99. The van der Waals surface area contributed by atoms with E-state index in [9.17, 15) is 9.90 Å². The lowest BCUT2D eigenvalue weighted by molar-refractivity contribution is -0.136. The quantitative estimate of drug-likeness (QED) is 0.747. The van der Waals surface area contributed by atoms with Gasteiger partial charge in [-0.2, -0.15) is 0 Å². The molecule has 1 aromatic carbocycles. The van der Waals surface area contributed by atoms with Crippen LogP contribution in [-0.2, 0) is 10.3 Å². The number of Topliss-reactive ketones (excluding diaryl/α,β-unsaturated/α-hetero) is 1. The van der Waals surface area contributed by atoms with E-state index in [0.717, 1.165) is 17.5 Å². The van der Waals surface area contributed by atoms with Crippen molar-refractivity contribution in [3.05, 3.63) is 35.4 Å². The summed E-state index contributed by atoms with van der Waals surface area (Å²) in [7, 11) is 0. The van der Waals surface area contributed by atoms with Gasteiger partial charge in [0.2, 0.25) is 0 Å². The maximum Gasteiger partial charge on any atom is 0.185 e. The lowest BCUT2D eigenvalue weighted by Gasteiger charge is -2.34. The summed E-state index contributed by atoms with van der Waals surface area (Å²) in [5.41, 5.74) is 7.10. The maximum atomic E-state index is 12.0. The van der Waals surface area contributed by atoms with Gasteiger partial charge >= 0.3 is 0 Å². The SMILES string of the molecule is Cc1ccc(C2(N)CCCC(O)C2=O)cc1. The zero-order valence-electron chi connectivity index (χ0n) is 9.44. The largest absolute Gasteiger partial charge is 0.385 e. The van der Waals surface area contributed by atoms with Gasteiger partial charge in [0, 0.05) is 0 Å². The van der Waals surface area contributed by atoms with E-state index in [1.165, 1.54) is 0 Å². The van der Waals surface area contributed by atoms with Crippen LogP contribution in [0.25, 0.3) is 0 Å². The van der Waals surface area contributed by atoms with Gasteiger partial charge in [-0.25, -0.2) is 0 Å². The smallest absolute Gasteiger partial charge is 0.185 e. The van der Waals surface area contributed by atoms with Gasteiger partial charge in [-0.05, 0) is 31.7 Å². The fourth-order valence-electron chi connectivity index (χ4n) is 2.26. The zero-order chi connectivity index (χ0) is 11.8. The van der Waals surface area contributed by atoms with Gasteiger partial charge in [0.15, 0.2) is 5.78 Å². The van der Waals surface area contributed by atoms with Crippen LogP contribution in [0.15, 0.2) is 24.3 Å². The van der Waals surface area contributed by atoms with E-state index in [-0.39, 0.29) is 5.78 Å². The van der Waals surface area contributed by atoms with Gasteiger partial charge in [0.05, 0.1) is 0 Å². The summed E-state index contributed by atoms with van der Waals surface area (Å²) in [5.74, 6) is -0.248. The highest BCUT2D eigenvalue weighted by Gasteiger charge is 2.42. The second kappa shape index (κ2) is 4.00. The molecule has 1 aromatic rings. The first-order valence-corrected chi connectivity index (χ1v) is 5.62. The molecule has 2 rings (SSSR count). The Kier molecular flexibility index (Phi) is 2.82. The van der Waals surface area contributed by atoms with Crippen LogP contribution >= 0.6 is 0 Å². The van der Waals surface area contributed by atoms with E-state index in [1.54, 1.807) is 0 Å². The fourth-order valence-corrected chi connectivity index (χ4v) is 2.26. The molecule has 1 aliphatic rings. The van der Waals surface area contributed by atoms with E-state index in [1.807, 2.05) is 31.2 Å². The van der Waals surface area contributed by atoms with E-state index in [4.69, 9.17) is 5.73 Å². The average molecular weight is 219 g/mol. The summed E-state index contributed by atoms with van der Waals surface area (Å²) >= 11 is 0. The molecule has 16 heavy (non-hydrogen) atoms. The molecular formula is C13H17NO2. The maximum absolute atomic E-state index is 12.0. The number of rotatable bonds is 1. The minimum atomic E-state index is -0.995. The Labute approximate surface area is 95.3 Å². The van der Waals surface area contributed by atoms with Gasteiger partial charge in [-0.1, -0.05) is 29.8 Å². The molecule has 3 nitrogen and oxygen atoms in total. The molecule has 0 heterocycles. The van der Waals surface area contributed by atoms with Crippen molar-refractivity contribution in [3.63, 3.8) is 0 Å². The van der Waals surface area contributed by atoms with Crippen molar-refractivity contribution in [2.24, 2.45) is 5.73 Å².